The van der Waals surface area contributed by atoms with Crippen LogP contribution < -0.4 is 4.90 Å². The fraction of sp³-hybridized carbons (Fsp3) is 0.158. The Bertz CT molecular complexity index is 1820. The molecule has 0 heterocycles. The molecule has 0 saturated carbocycles. The zero-order chi connectivity index (χ0) is 27.3. The van der Waals surface area contributed by atoms with E-state index >= 15 is 0 Å². The lowest BCUT2D eigenvalue weighted by Gasteiger charge is -2.44. The maximum Gasteiger partial charge on any atom is 0.111 e. The van der Waals surface area contributed by atoms with E-state index in [-0.39, 0.29) is 5.54 Å². The van der Waals surface area contributed by atoms with Gasteiger partial charge in [-0.3, -0.25) is 0 Å². The van der Waals surface area contributed by atoms with Crippen molar-refractivity contribution in [2.45, 2.75) is 32.2 Å². The highest BCUT2D eigenvalue weighted by molar-refractivity contribution is 6.23. The van der Waals surface area contributed by atoms with Crippen LogP contribution in [-0.2, 0) is 0 Å². The molecule has 2 aliphatic rings. The first-order valence-corrected chi connectivity index (χ1v) is 14.2. The molecular formula is C38H33NO. The molecule has 5 aromatic rings. The largest absolute Gasteiger partial charge is 0.508 e. The van der Waals surface area contributed by atoms with Gasteiger partial charge < -0.3 is 10.0 Å². The van der Waals surface area contributed by atoms with E-state index in [9.17, 15) is 5.11 Å². The summed E-state index contributed by atoms with van der Waals surface area (Å²) in [4.78, 5) is 2.44. The highest BCUT2D eigenvalue weighted by Gasteiger charge is 2.33. The van der Waals surface area contributed by atoms with Crippen LogP contribution in [0.2, 0.25) is 0 Å². The van der Waals surface area contributed by atoms with Crippen LogP contribution in [-0.4, -0.2) is 10.6 Å². The molecule has 0 saturated heterocycles. The summed E-state index contributed by atoms with van der Waals surface area (Å²) in [7, 11) is 0. The number of hydrogen-bond donors (Lipinski definition) is 1. The smallest absolute Gasteiger partial charge is 0.111 e. The predicted octanol–water partition coefficient (Wildman–Crippen LogP) is 10.2. The molecule has 0 fully saturated rings. The Morgan fingerprint density at radius 2 is 1.48 bits per heavy atom. The number of anilines is 1. The van der Waals surface area contributed by atoms with Crippen molar-refractivity contribution < 1.29 is 5.11 Å². The second kappa shape index (κ2) is 9.57. The van der Waals surface area contributed by atoms with Crippen molar-refractivity contribution in [2.24, 2.45) is 5.92 Å². The maximum absolute atomic E-state index is 10.00. The van der Waals surface area contributed by atoms with Gasteiger partial charge in [-0.2, -0.15) is 0 Å². The van der Waals surface area contributed by atoms with Crippen LogP contribution in [0.3, 0.4) is 0 Å². The molecular weight excluding hydrogens is 486 g/mol. The Kier molecular flexibility index (Phi) is 5.86. The first-order chi connectivity index (χ1) is 19.5. The summed E-state index contributed by atoms with van der Waals surface area (Å²) in [5.74, 6) is 0.840. The first-order valence-electron chi connectivity index (χ1n) is 14.2. The minimum atomic E-state index is -0.246. The monoisotopic (exact) mass is 519 g/mol. The first kappa shape index (κ1) is 24.5. The van der Waals surface area contributed by atoms with Gasteiger partial charge in [-0.15, -0.1) is 0 Å². The number of hydrogen-bond acceptors (Lipinski definition) is 2. The second-order valence-corrected chi connectivity index (χ2v) is 11.6. The van der Waals surface area contributed by atoms with Crippen molar-refractivity contribution >= 4 is 50.2 Å². The van der Waals surface area contributed by atoms with Crippen molar-refractivity contribution in [1.29, 1.82) is 0 Å². The lowest BCUT2D eigenvalue weighted by Crippen LogP contribution is -2.45. The minimum Gasteiger partial charge on any atom is -0.508 e. The summed E-state index contributed by atoms with van der Waals surface area (Å²) in [6, 6.07) is 29.0. The lowest BCUT2D eigenvalue weighted by molar-refractivity contribution is 0.413. The van der Waals surface area contributed by atoms with Gasteiger partial charge in [0.05, 0.1) is 5.54 Å². The standard InChI is InChI=1S/C38H33NO/c1-26-5-3-8-34(23-26)39(38(2)21-19-35(40)20-22-38)33-17-11-27(12-18-33)9-10-28-24-31-15-13-29-6-4-7-30-14-16-32(25-28)37(31)36(29)30/h3-21,24-26,40H,22-23H2,1-2H3. The molecule has 40 heavy (non-hydrogen) atoms. The summed E-state index contributed by atoms with van der Waals surface area (Å²) in [6.07, 6.45) is 18.7. The van der Waals surface area contributed by atoms with E-state index in [0.717, 1.165) is 18.5 Å². The van der Waals surface area contributed by atoms with E-state index in [0.29, 0.717) is 11.7 Å². The molecule has 2 unspecified atom stereocenters. The summed E-state index contributed by atoms with van der Waals surface area (Å²) in [6.45, 7) is 4.51. The topological polar surface area (TPSA) is 23.5 Å². The third kappa shape index (κ3) is 4.30. The van der Waals surface area contributed by atoms with Crippen LogP contribution >= 0.6 is 0 Å². The molecule has 2 atom stereocenters. The van der Waals surface area contributed by atoms with Crippen molar-refractivity contribution in [3.8, 4) is 0 Å². The van der Waals surface area contributed by atoms with E-state index in [1.807, 2.05) is 12.2 Å². The molecule has 5 aromatic carbocycles. The van der Waals surface area contributed by atoms with Gasteiger partial charge in [-0.05, 0) is 112 Å². The highest BCUT2D eigenvalue weighted by atomic mass is 16.3. The Balaban J connectivity index is 1.20. The van der Waals surface area contributed by atoms with E-state index in [1.165, 1.54) is 49.1 Å². The summed E-state index contributed by atoms with van der Waals surface area (Å²) in [5, 5.41) is 17.9. The van der Waals surface area contributed by atoms with Gasteiger partial charge in [0.15, 0.2) is 0 Å². The molecule has 0 spiro atoms. The Morgan fingerprint density at radius 3 is 2.12 bits per heavy atom. The summed E-state index contributed by atoms with van der Waals surface area (Å²) < 4.78 is 0. The van der Waals surface area contributed by atoms with E-state index in [2.05, 4.69) is 134 Å². The number of rotatable bonds is 5. The number of aliphatic hydroxyl groups is 1. The van der Waals surface area contributed by atoms with E-state index in [1.54, 1.807) is 0 Å². The molecule has 0 amide bonds. The summed E-state index contributed by atoms with van der Waals surface area (Å²) in [5.41, 5.74) is 4.59. The van der Waals surface area contributed by atoms with Crippen molar-refractivity contribution in [2.75, 3.05) is 4.90 Å². The maximum atomic E-state index is 10.00. The SMILES string of the molecule is CC1C=CC=C(N(c2ccc(C=Cc3cc4ccc5cccc6ccc(c3)c4c56)cc2)C2(C)C=CC(O)=CC2)C1. The van der Waals surface area contributed by atoms with Crippen LogP contribution in [0, 0.1) is 5.92 Å². The molecule has 0 bridgehead atoms. The van der Waals surface area contributed by atoms with Gasteiger partial charge in [-0.25, -0.2) is 0 Å². The average molecular weight is 520 g/mol. The molecule has 0 aliphatic heterocycles. The highest BCUT2D eigenvalue weighted by Crippen LogP contribution is 2.39. The number of benzene rings is 5. The Labute approximate surface area is 235 Å². The zero-order valence-corrected chi connectivity index (χ0v) is 23.0. The van der Waals surface area contributed by atoms with Crippen LogP contribution in [0.15, 0.2) is 127 Å². The van der Waals surface area contributed by atoms with Crippen molar-refractivity contribution in [3.05, 3.63) is 138 Å². The van der Waals surface area contributed by atoms with E-state index in [4.69, 9.17) is 0 Å². The Hall–Kier alpha value is -4.56. The molecule has 0 radical (unpaired) electrons. The van der Waals surface area contributed by atoms with Gasteiger partial charge in [0.2, 0.25) is 0 Å². The van der Waals surface area contributed by atoms with Crippen LogP contribution in [0.25, 0.3) is 44.5 Å². The number of nitrogens with zero attached hydrogens (tertiary/aromatic N) is 1. The fourth-order valence-corrected chi connectivity index (χ4v) is 6.46. The summed E-state index contributed by atoms with van der Waals surface area (Å²) >= 11 is 0. The lowest BCUT2D eigenvalue weighted by atomic mass is 9.87. The van der Waals surface area contributed by atoms with Gasteiger partial charge in [0.1, 0.15) is 5.76 Å². The van der Waals surface area contributed by atoms with Gasteiger partial charge in [0.25, 0.3) is 0 Å². The zero-order valence-electron chi connectivity index (χ0n) is 23.0. The second-order valence-electron chi connectivity index (χ2n) is 11.6. The van der Waals surface area contributed by atoms with Gasteiger partial charge >= 0.3 is 0 Å². The fourth-order valence-electron chi connectivity index (χ4n) is 6.46. The van der Waals surface area contributed by atoms with Crippen LogP contribution in [0.1, 0.15) is 37.8 Å². The van der Waals surface area contributed by atoms with Crippen LogP contribution in [0.5, 0.6) is 0 Å². The molecule has 2 aliphatic carbocycles. The van der Waals surface area contributed by atoms with E-state index < -0.39 is 0 Å². The molecule has 2 heteroatoms. The molecule has 0 aromatic heterocycles. The predicted molar refractivity (Wildman–Crippen MR) is 172 cm³/mol. The normalized spacial score (nSPS) is 21.0. The Morgan fingerprint density at radius 1 is 0.825 bits per heavy atom. The van der Waals surface area contributed by atoms with Gasteiger partial charge in [-0.1, -0.05) is 91.9 Å². The average Bonchev–Trinajstić information content (AvgIpc) is 2.97. The minimum absolute atomic E-state index is 0.246. The van der Waals surface area contributed by atoms with Gasteiger partial charge in [0, 0.05) is 11.4 Å². The quantitative estimate of drug-likeness (QED) is 0.184. The third-order valence-corrected chi connectivity index (χ3v) is 8.50. The number of aliphatic hydroxyl groups excluding tert-OH is 1. The molecule has 1 N–H and O–H groups in total. The van der Waals surface area contributed by atoms with Crippen molar-refractivity contribution in [1.82, 2.24) is 0 Å². The van der Waals surface area contributed by atoms with Crippen LogP contribution in [0.4, 0.5) is 5.69 Å². The third-order valence-electron chi connectivity index (χ3n) is 8.50. The molecule has 196 valence electrons. The molecule has 2 nitrogen and oxygen atoms in total. The molecule has 7 rings (SSSR count). The van der Waals surface area contributed by atoms with Crippen molar-refractivity contribution in [3.63, 3.8) is 0 Å². The number of allylic oxidation sites excluding steroid dienone is 5.